The first kappa shape index (κ1) is 21.1. The van der Waals surface area contributed by atoms with Gasteiger partial charge < -0.3 is 20.1 Å². The standard InChI is InChI=1S/C23H32N4O2/c1-3-24-23(25-17-19-7-5-4-6-8-19)26-18-22(27-13-15-29-16-14-27)20-9-11-21(28-2)12-10-20/h4-12,22H,3,13-18H2,1-2H3,(H2,24,25,26). The Balaban J connectivity index is 1.70. The van der Waals surface area contributed by atoms with E-state index in [-0.39, 0.29) is 6.04 Å². The highest BCUT2D eigenvalue weighted by Gasteiger charge is 2.23. The lowest BCUT2D eigenvalue weighted by atomic mass is 10.0. The van der Waals surface area contributed by atoms with Gasteiger partial charge in [0.15, 0.2) is 5.96 Å². The second-order valence-corrected chi connectivity index (χ2v) is 7.00. The molecule has 1 aliphatic rings. The maximum absolute atomic E-state index is 5.56. The average molecular weight is 397 g/mol. The van der Waals surface area contributed by atoms with Crippen molar-refractivity contribution in [1.82, 2.24) is 15.5 Å². The number of benzene rings is 2. The quantitative estimate of drug-likeness (QED) is 0.531. The molecule has 1 saturated heterocycles. The van der Waals surface area contributed by atoms with E-state index in [4.69, 9.17) is 14.5 Å². The van der Waals surface area contributed by atoms with Crippen LogP contribution in [0.1, 0.15) is 24.1 Å². The van der Waals surface area contributed by atoms with E-state index in [0.29, 0.717) is 6.54 Å². The molecule has 1 heterocycles. The molecule has 2 N–H and O–H groups in total. The highest BCUT2D eigenvalue weighted by atomic mass is 16.5. The molecule has 6 nitrogen and oxygen atoms in total. The summed E-state index contributed by atoms with van der Waals surface area (Å²) in [6.45, 7) is 7.73. The molecule has 2 aromatic carbocycles. The molecule has 0 saturated carbocycles. The number of hydrogen-bond donors (Lipinski definition) is 2. The predicted octanol–water partition coefficient (Wildman–Crippen LogP) is 2.82. The van der Waals surface area contributed by atoms with Crippen molar-refractivity contribution in [2.24, 2.45) is 4.99 Å². The van der Waals surface area contributed by atoms with Crippen molar-refractivity contribution in [3.05, 3.63) is 65.7 Å². The van der Waals surface area contributed by atoms with Gasteiger partial charge in [0.2, 0.25) is 0 Å². The zero-order chi connectivity index (χ0) is 20.3. The van der Waals surface area contributed by atoms with Crippen LogP contribution in [0.15, 0.2) is 59.6 Å². The molecule has 0 aliphatic carbocycles. The molecular weight excluding hydrogens is 364 g/mol. The molecule has 2 aromatic rings. The van der Waals surface area contributed by atoms with E-state index in [9.17, 15) is 0 Å². The van der Waals surface area contributed by atoms with Gasteiger partial charge >= 0.3 is 0 Å². The van der Waals surface area contributed by atoms with Crippen molar-refractivity contribution >= 4 is 5.96 Å². The molecule has 0 amide bonds. The van der Waals surface area contributed by atoms with E-state index >= 15 is 0 Å². The molecule has 1 aliphatic heterocycles. The van der Waals surface area contributed by atoms with Gasteiger partial charge in [-0.2, -0.15) is 0 Å². The van der Waals surface area contributed by atoms with Crippen molar-refractivity contribution in [3.8, 4) is 5.75 Å². The van der Waals surface area contributed by atoms with E-state index in [0.717, 1.165) is 51.1 Å². The van der Waals surface area contributed by atoms with Gasteiger partial charge in [-0.3, -0.25) is 4.90 Å². The van der Waals surface area contributed by atoms with Gasteiger partial charge in [-0.1, -0.05) is 42.5 Å². The fourth-order valence-electron chi connectivity index (χ4n) is 3.46. The summed E-state index contributed by atoms with van der Waals surface area (Å²) in [6.07, 6.45) is 0. The van der Waals surface area contributed by atoms with Crippen molar-refractivity contribution < 1.29 is 9.47 Å². The van der Waals surface area contributed by atoms with Crippen molar-refractivity contribution in [3.63, 3.8) is 0 Å². The van der Waals surface area contributed by atoms with Crippen LogP contribution in [0.2, 0.25) is 0 Å². The van der Waals surface area contributed by atoms with Crippen molar-refractivity contribution in [2.75, 3.05) is 46.5 Å². The third kappa shape index (κ3) is 6.48. The van der Waals surface area contributed by atoms with Gasteiger partial charge in [0.1, 0.15) is 5.75 Å². The lowest BCUT2D eigenvalue weighted by Gasteiger charge is -2.35. The summed E-state index contributed by atoms with van der Waals surface area (Å²) in [7, 11) is 1.70. The topological polar surface area (TPSA) is 58.1 Å². The van der Waals surface area contributed by atoms with E-state index in [1.165, 1.54) is 11.1 Å². The molecule has 0 aromatic heterocycles. The van der Waals surface area contributed by atoms with Gasteiger partial charge in [-0.15, -0.1) is 0 Å². The Morgan fingerprint density at radius 3 is 2.45 bits per heavy atom. The first-order valence-corrected chi connectivity index (χ1v) is 10.3. The lowest BCUT2D eigenvalue weighted by molar-refractivity contribution is 0.0170. The molecule has 6 heteroatoms. The van der Waals surface area contributed by atoms with E-state index < -0.39 is 0 Å². The van der Waals surface area contributed by atoms with E-state index in [2.05, 4.69) is 46.7 Å². The number of hydrogen-bond acceptors (Lipinski definition) is 4. The summed E-state index contributed by atoms with van der Waals surface area (Å²) in [6, 6.07) is 18.9. The van der Waals surface area contributed by atoms with Crippen LogP contribution in [0.25, 0.3) is 0 Å². The predicted molar refractivity (Wildman–Crippen MR) is 117 cm³/mol. The fourth-order valence-corrected chi connectivity index (χ4v) is 3.46. The number of morpholine rings is 1. The number of nitrogens with one attached hydrogen (secondary N) is 2. The zero-order valence-corrected chi connectivity index (χ0v) is 17.4. The van der Waals surface area contributed by atoms with Crippen molar-refractivity contribution in [1.29, 1.82) is 0 Å². The number of nitrogens with zero attached hydrogens (tertiary/aromatic N) is 2. The van der Waals surface area contributed by atoms with Gasteiger partial charge in [0.25, 0.3) is 0 Å². The van der Waals surface area contributed by atoms with Crippen LogP contribution >= 0.6 is 0 Å². The van der Waals surface area contributed by atoms with Crippen LogP contribution < -0.4 is 15.4 Å². The normalized spacial score (nSPS) is 16.3. The Morgan fingerprint density at radius 1 is 1.07 bits per heavy atom. The minimum absolute atomic E-state index is 0.241. The maximum atomic E-state index is 5.56. The monoisotopic (exact) mass is 396 g/mol. The molecule has 156 valence electrons. The van der Waals surface area contributed by atoms with Crippen LogP contribution in [0, 0.1) is 0 Å². The molecular formula is C23H32N4O2. The van der Waals surface area contributed by atoms with Crippen LogP contribution in [-0.2, 0) is 11.3 Å². The summed E-state index contributed by atoms with van der Waals surface area (Å²) in [5.41, 5.74) is 2.46. The summed E-state index contributed by atoms with van der Waals surface area (Å²) in [4.78, 5) is 7.22. The third-order valence-electron chi connectivity index (χ3n) is 5.06. The Kier molecular flexibility index (Phi) is 8.34. The van der Waals surface area contributed by atoms with Crippen LogP contribution in [-0.4, -0.2) is 57.4 Å². The van der Waals surface area contributed by atoms with Crippen LogP contribution in [0.5, 0.6) is 5.75 Å². The number of guanidine groups is 1. The summed E-state index contributed by atoms with van der Waals surface area (Å²) in [5, 5.41) is 6.90. The SMILES string of the molecule is CCNC(=NCc1ccccc1)NCC(c1ccc(OC)cc1)N1CCOCC1. The van der Waals surface area contributed by atoms with E-state index in [1.807, 2.05) is 30.3 Å². The first-order chi connectivity index (χ1) is 14.3. The second kappa shape index (κ2) is 11.4. The summed E-state index contributed by atoms with van der Waals surface area (Å²) in [5.74, 6) is 1.71. The van der Waals surface area contributed by atoms with Gasteiger partial charge in [0.05, 0.1) is 32.9 Å². The van der Waals surface area contributed by atoms with Crippen LogP contribution in [0.4, 0.5) is 0 Å². The Hall–Kier alpha value is -2.57. The Labute approximate surface area is 173 Å². The third-order valence-corrected chi connectivity index (χ3v) is 5.06. The van der Waals surface area contributed by atoms with Crippen LogP contribution in [0.3, 0.4) is 0 Å². The lowest BCUT2D eigenvalue weighted by Crippen LogP contribution is -2.46. The first-order valence-electron chi connectivity index (χ1n) is 10.3. The minimum Gasteiger partial charge on any atom is -0.497 e. The number of aliphatic imine (C=N–C) groups is 1. The fraction of sp³-hybridized carbons (Fsp3) is 0.435. The molecule has 1 atom stereocenters. The van der Waals surface area contributed by atoms with Gasteiger partial charge in [0, 0.05) is 26.2 Å². The number of rotatable bonds is 8. The Morgan fingerprint density at radius 2 is 1.79 bits per heavy atom. The summed E-state index contributed by atoms with van der Waals surface area (Å²) < 4.78 is 10.9. The molecule has 29 heavy (non-hydrogen) atoms. The maximum Gasteiger partial charge on any atom is 0.191 e. The molecule has 0 radical (unpaired) electrons. The molecule has 3 rings (SSSR count). The van der Waals surface area contributed by atoms with Gasteiger partial charge in [-0.25, -0.2) is 4.99 Å². The second-order valence-electron chi connectivity index (χ2n) is 7.00. The highest BCUT2D eigenvalue weighted by Crippen LogP contribution is 2.23. The Bertz CT molecular complexity index is 743. The van der Waals surface area contributed by atoms with E-state index in [1.54, 1.807) is 7.11 Å². The molecule has 0 bridgehead atoms. The summed E-state index contributed by atoms with van der Waals surface area (Å²) >= 11 is 0. The average Bonchev–Trinajstić information content (AvgIpc) is 2.79. The largest absolute Gasteiger partial charge is 0.497 e. The molecule has 1 fully saturated rings. The smallest absolute Gasteiger partial charge is 0.191 e. The molecule has 0 spiro atoms. The minimum atomic E-state index is 0.241. The number of methoxy groups -OCH3 is 1. The van der Waals surface area contributed by atoms with Gasteiger partial charge in [-0.05, 0) is 30.2 Å². The molecule has 1 unspecified atom stereocenters. The highest BCUT2D eigenvalue weighted by molar-refractivity contribution is 5.79. The van der Waals surface area contributed by atoms with Crippen molar-refractivity contribution in [2.45, 2.75) is 19.5 Å². The number of ether oxygens (including phenoxy) is 2. The zero-order valence-electron chi connectivity index (χ0n) is 17.4.